The Morgan fingerprint density at radius 2 is 1.93 bits per heavy atom. The first-order valence-electron chi connectivity index (χ1n) is 4.05. The Labute approximate surface area is 93.6 Å². The number of rotatable bonds is 2. The zero-order chi connectivity index (χ0) is 11.6. The molecule has 0 spiro atoms. The van der Waals surface area contributed by atoms with Crippen molar-refractivity contribution in [2.75, 3.05) is 0 Å². The quantitative estimate of drug-likeness (QED) is 0.777. The summed E-state index contributed by atoms with van der Waals surface area (Å²) in [6, 6.07) is 3.61. The van der Waals surface area contributed by atoms with E-state index in [4.69, 9.17) is 5.26 Å². The Hall–Kier alpha value is -1.28. The first-order chi connectivity index (χ1) is 6.97. The van der Waals surface area contributed by atoms with Gasteiger partial charge in [-0.1, -0.05) is 15.9 Å². The van der Waals surface area contributed by atoms with E-state index in [1.165, 1.54) is 6.92 Å². The molecule has 0 heterocycles. The zero-order valence-corrected chi connectivity index (χ0v) is 9.31. The van der Waals surface area contributed by atoms with Crippen LogP contribution >= 0.6 is 15.9 Å². The molecule has 0 aliphatic heterocycles. The first-order valence-corrected chi connectivity index (χ1v) is 4.85. The van der Waals surface area contributed by atoms with Crippen molar-refractivity contribution >= 4 is 21.7 Å². The van der Waals surface area contributed by atoms with Crippen molar-refractivity contribution in [3.8, 4) is 6.07 Å². The third kappa shape index (κ3) is 2.39. The molecule has 0 radical (unpaired) electrons. The summed E-state index contributed by atoms with van der Waals surface area (Å²) in [5, 5.41) is 8.48. The summed E-state index contributed by atoms with van der Waals surface area (Å²) < 4.78 is 26.7. The van der Waals surface area contributed by atoms with Crippen molar-refractivity contribution in [3.63, 3.8) is 0 Å². The number of hydrogen-bond donors (Lipinski definition) is 0. The van der Waals surface area contributed by atoms with Crippen molar-refractivity contribution in [1.29, 1.82) is 5.26 Å². The van der Waals surface area contributed by atoms with Gasteiger partial charge in [0.1, 0.15) is 17.6 Å². The summed E-state index contributed by atoms with van der Waals surface area (Å²) >= 11 is 2.89. The van der Waals surface area contributed by atoms with Gasteiger partial charge >= 0.3 is 0 Å². The molecule has 15 heavy (non-hydrogen) atoms. The minimum absolute atomic E-state index is 0.207. The molecular weight excluding hydrogens is 268 g/mol. The van der Waals surface area contributed by atoms with E-state index in [2.05, 4.69) is 15.9 Å². The van der Waals surface area contributed by atoms with Crippen molar-refractivity contribution in [1.82, 2.24) is 0 Å². The number of benzene rings is 1. The van der Waals surface area contributed by atoms with E-state index >= 15 is 0 Å². The van der Waals surface area contributed by atoms with Crippen molar-refractivity contribution < 1.29 is 13.6 Å². The predicted octanol–water partition coefficient (Wildman–Crippen LogP) is 3.07. The standard InChI is InChI=1S/C10H6BrF2NO/c1-5(4-14)10(15)9-7(12)2-6(11)3-8(9)13/h2-3,5H,1H3. The molecule has 1 aromatic carbocycles. The normalized spacial score (nSPS) is 11.9. The van der Waals surface area contributed by atoms with Gasteiger partial charge in [0.15, 0.2) is 5.78 Å². The highest BCUT2D eigenvalue weighted by atomic mass is 79.9. The molecule has 0 N–H and O–H groups in total. The molecule has 0 saturated heterocycles. The third-order valence-corrected chi connectivity index (χ3v) is 2.30. The largest absolute Gasteiger partial charge is 0.292 e. The maximum atomic E-state index is 13.3. The molecule has 5 heteroatoms. The Morgan fingerprint density at radius 1 is 1.47 bits per heavy atom. The second-order valence-corrected chi connectivity index (χ2v) is 3.88. The minimum Gasteiger partial charge on any atom is -0.292 e. The molecule has 2 nitrogen and oxygen atoms in total. The first kappa shape index (κ1) is 11.8. The fourth-order valence-corrected chi connectivity index (χ4v) is 1.45. The Bertz CT molecular complexity index is 430. The Kier molecular flexibility index (Phi) is 3.53. The molecule has 78 valence electrons. The van der Waals surface area contributed by atoms with E-state index < -0.39 is 28.9 Å². The van der Waals surface area contributed by atoms with Gasteiger partial charge < -0.3 is 0 Å². The SMILES string of the molecule is CC(C#N)C(=O)c1c(F)cc(Br)cc1F. The van der Waals surface area contributed by atoms with Gasteiger partial charge in [-0.05, 0) is 19.1 Å². The van der Waals surface area contributed by atoms with Gasteiger partial charge in [0.25, 0.3) is 0 Å². The average molecular weight is 274 g/mol. The molecule has 0 saturated carbocycles. The number of carbonyl (C=O) groups excluding carboxylic acids is 1. The summed E-state index contributed by atoms with van der Waals surface area (Å²) in [7, 11) is 0. The second kappa shape index (κ2) is 4.49. The lowest BCUT2D eigenvalue weighted by Gasteiger charge is -2.05. The number of Topliss-reactive ketones (excluding diaryl/α,β-unsaturated/α-hetero) is 1. The molecule has 0 amide bonds. The van der Waals surface area contributed by atoms with Crippen LogP contribution in [0.5, 0.6) is 0 Å². The lowest BCUT2D eigenvalue weighted by molar-refractivity contribution is 0.0948. The molecule has 0 aliphatic rings. The number of nitrogens with zero attached hydrogens (tertiary/aromatic N) is 1. The summed E-state index contributed by atoms with van der Waals surface area (Å²) in [5.41, 5.74) is -0.660. The van der Waals surface area contributed by atoms with E-state index in [-0.39, 0.29) is 4.47 Å². The van der Waals surface area contributed by atoms with Crippen LogP contribution in [0.15, 0.2) is 16.6 Å². The van der Waals surface area contributed by atoms with Crippen LogP contribution in [0, 0.1) is 28.9 Å². The van der Waals surface area contributed by atoms with Crippen molar-refractivity contribution in [2.24, 2.45) is 5.92 Å². The number of carbonyl (C=O) groups is 1. The van der Waals surface area contributed by atoms with E-state index in [0.29, 0.717) is 0 Å². The highest BCUT2D eigenvalue weighted by Gasteiger charge is 2.22. The average Bonchev–Trinajstić information content (AvgIpc) is 2.14. The van der Waals surface area contributed by atoms with Gasteiger partial charge in [-0.15, -0.1) is 0 Å². The molecular formula is C10H6BrF2NO. The van der Waals surface area contributed by atoms with Crippen LogP contribution < -0.4 is 0 Å². The highest BCUT2D eigenvalue weighted by molar-refractivity contribution is 9.10. The van der Waals surface area contributed by atoms with Crippen LogP contribution in [0.3, 0.4) is 0 Å². The van der Waals surface area contributed by atoms with Gasteiger partial charge in [-0.3, -0.25) is 4.79 Å². The molecule has 0 fully saturated rings. The Morgan fingerprint density at radius 3 is 2.33 bits per heavy atom. The lowest BCUT2D eigenvalue weighted by atomic mass is 10.00. The maximum absolute atomic E-state index is 13.3. The van der Waals surface area contributed by atoms with Gasteiger partial charge in [0.2, 0.25) is 0 Å². The summed E-state index contributed by atoms with van der Waals surface area (Å²) in [6.07, 6.45) is 0. The smallest absolute Gasteiger partial charge is 0.185 e. The van der Waals surface area contributed by atoms with Gasteiger partial charge in [0, 0.05) is 4.47 Å². The predicted molar refractivity (Wildman–Crippen MR) is 53.2 cm³/mol. The summed E-state index contributed by atoms with van der Waals surface area (Å²) in [6.45, 7) is 1.29. The highest BCUT2D eigenvalue weighted by Crippen LogP contribution is 2.21. The number of hydrogen-bond acceptors (Lipinski definition) is 2. The van der Waals surface area contributed by atoms with E-state index in [1.807, 2.05) is 0 Å². The van der Waals surface area contributed by atoms with Crippen LogP contribution in [0.1, 0.15) is 17.3 Å². The van der Waals surface area contributed by atoms with Crippen LogP contribution in [0.25, 0.3) is 0 Å². The lowest BCUT2D eigenvalue weighted by Crippen LogP contribution is -2.13. The van der Waals surface area contributed by atoms with Crippen LogP contribution in [-0.4, -0.2) is 5.78 Å². The summed E-state index contributed by atoms with van der Waals surface area (Å²) in [4.78, 5) is 11.4. The van der Waals surface area contributed by atoms with Crippen LogP contribution in [-0.2, 0) is 0 Å². The molecule has 0 bridgehead atoms. The number of halogens is 3. The van der Waals surface area contributed by atoms with Gasteiger partial charge in [-0.2, -0.15) is 5.26 Å². The van der Waals surface area contributed by atoms with Gasteiger partial charge in [-0.25, -0.2) is 8.78 Å². The zero-order valence-electron chi connectivity index (χ0n) is 7.72. The van der Waals surface area contributed by atoms with Crippen molar-refractivity contribution in [2.45, 2.75) is 6.92 Å². The monoisotopic (exact) mass is 273 g/mol. The van der Waals surface area contributed by atoms with E-state index in [0.717, 1.165) is 12.1 Å². The van der Waals surface area contributed by atoms with E-state index in [1.54, 1.807) is 6.07 Å². The summed E-state index contributed by atoms with van der Waals surface area (Å²) in [5.74, 6) is -3.84. The third-order valence-electron chi connectivity index (χ3n) is 1.84. The number of nitriles is 1. The Balaban J connectivity index is 3.27. The minimum atomic E-state index is -1.06. The molecule has 1 unspecified atom stereocenters. The molecule has 0 aromatic heterocycles. The second-order valence-electron chi connectivity index (χ2n) is 2.96. The fourth-order valence-electron chi connectivity index (χ4n) is 1.05. The molecule has 1 rings (SSSR count). The fraction of sp³-hybridized carbons (Fsp3) is 0.200. The number of ketones is 1. The maximum Gasteiger partial charge on any atom is 0.185 e. The van der Waals surface area contributed by atoms with Gasteiger partial charge in [0.05, 0.1) is 11.6 Å². The molecule has 0 aliphatic carbocycles. The van der Waals surface area contributed by atoms with Crippen LogP contribution in [0.2, 0.25) is 0 Å². The molecule has 1 aromatic rings. The molecule has 1 atom stereocenters. The van der Waals surface area contributed by atoms with E-state index in [9.17, 15) is 13.6 Å². The van der Waals surface area contributed by atoms with Crippen LogP contribution in [0.4, 0.5) is 8.78 Å². The topological polar surface area (TPSA) is 40.9 Å². The van der Waals surface area contributed by atoms with Crippen molar-refractivity contribution in [3.05, 3.63) is 33.8 Å².